The molecule has 25 heavy (non-hydrogen) atoms. The van der Waals surface area contributed by atoms with E-state index in [-0.39, 0.29) is 0 Å². The van der Waals surface area contributed by atoms with Crippen LogP contribution in [0.3, 0.4) is 0 Å². The van der Waals surface area contributed by atoms with Crippen LogP contribution >= 0.6 is 0 Å². The van der Waals surface area contributed by atoms with Gasteiger partial charge in [0.05, 0.1) is 6.04 Å². The van der Waals surface area contributed by atoms with Gasteiger partial charge in [0.2, 0.25) is 0 Å². The van der Waals surface area contributed by atoms with E-state index in [0.29, 0.717) is 17.9 Å². The standard InChI is InChI=1S/C19H28N6/c1-13-4-3-5-16(8-13)19-17(11-21-24-19)10-20-9-15-6-7-18-23-22-14(2)25(18)12-15/h3-5,8,15,17,19-21,24H,6-7,9-12H2,1-2H3. The molecule has 1 fully saturated rings. The summed E-state index contributed by atoms with van der Waals surface area (Å²) in [6.07, 6.45) is 2.25. The zero-order valence-electron chi connectivity index (χ0n) is 15.1. The summed E-state index contributed by atoms with van der Waals surface area (Å²) >= 11 is 0. The van der Waals surface area contributed by atoms with Crippen molar-refractivity contribution in [1.29, 1.82) is 0 Å². The van der Waals surface area contributed by atoms with Gasteiger partial charge in [0.25, 0.3) is 0 Å². The van der Waals surface area contributed by atoms with E-state index in [1.165, 1.54) is 17.5 Å². The third-order valence-electron chi connectivity index (χ3n) is 5.56. The lowest BCUT2D eigenvalue weighted by atomic mass is 9.93. The molecule has 2 aromatic rings. The Labute approximate surface area is 149 Å². The van der Waals surface area contributed by atoms with Crippen LogP contribution in [-0.4, -0.2) is 34.4 Å². The first-order chi connectivity index (χ1) is 12.2. The van der Waals surface area contributed by atoms with Crippen LogP contribution in [0.4, 0.5) is 0 Å². The molecule has 3 heterocycles. The van der Waals surface area contributed by atoms with Crippen LogP contribution in [0, 0.1) is 25.7 Å². The second-order valence-corrected chi connectivity index (χ2v) is 7.51. The molecule has 1 aromatic heterocycles. The quantitative estimate of drug-likeness (QED) is 0.770. The Hall–Kier alpha value is -1.76. The predicted octanol–water partition coefficient (Wildman–Crippen LogP) is 1.51. The zero-order chi connectivity index (χ0) is 17.2. The second kappa shape index (κ2) is 7.23. The highest BCUT2D eigenvalue weighted by atomic mass is 15.4. The van der Waals surface area contributed by atoms with Gasteiger partial charge in [0.15, 0.2) is 0 Å². The number of nitrogens with zero attached hydrogens (tertiary/aromatic N) is 3. The molecule has 0 aliphatic carbocycles. The zero-order valence-corrected chi connectivity index (χ0v) is 15.1. The number of rotatable bonds is 5. The summed E-state index contributed by atoms with van der Waals surface area (Å²) in [6.45, 7) is 8.35. The van der Waals surface area contributed by atoms with E-state index in [2.05, 4.69) is 69.0 Å². The van der Waals surface area contributed by atoms with Gasteiger partial charge in [0.1, 0.15) is 11.6 Å². The van der Waals surface area contributed by atoms with Crippen LogP contribution in [0.5, 0.6) is 0 Å². The van der Waals surface area contributed by atoms with Gasteiger partial charge in [-0.05, 0) is 38.3 Å². The van der Waals surface area contributed by atoms with Gasteiger partial charge in [-0.3, -0.25) is 5.43 Å². The normalized spacial score (nSPS) is 25.9. The molecule has 0 amide bonds. The molecular weight excluding hydrogens is 312 g/mol. The number of hydrogen-bond acceptors (Lipinski definition) is 5. The molecule has 1 saturated heterocycles. The van der Waals surface area contributed by atoms with Crippen LogP contribution in [0.2, 0.25) is 0 Å². The fraction of sp³-hybridized carbons (Fsp3) is 0.579. The molecule has 0 saturated carbocycles. The van der Waals surface area contributed by atoms with E-state index in [9.17, 15) is 0 Å². The Morgan fingerprint density at radius 1 is 1.24 bits per heavy atom. The number of hydrazine groups is 1. The minimum atomic E-state index is 0.380. The first-order valence-electron chi connectivity index (χ1n) is 9.35. The maximum Gasteiger partial charge on any atom is 0.133 e. The topological polar surface area (TPSA) is 66.8 Å². The van der Waals surface area contributed by atoms with E-state index in [1.54, 1.807) is 0 Å². The maximum absolute atomic E-state index is 4.26. The molecule has 134 valence electrons. The summed E-state index contributed by atoms with van der Waals surface area (Å²) in [6, 6.07) is 9.20. The average molecular weight is 340 g/mol. The van der Waals surface area contributed by atoms with Crippen molar-refractivity contribution >= 4 is 0 Å². The fourth-order valence-corrected chi connectivity index (χ4v) is 4.11. The van der Waals surface area contributed by atoms with E-state index < -0.39 is 0 Å². The van der Waals surface area contributed by atoms with E-state index >= 15 is 0 Å². The molecule has 6 heteroatoms. The molecule has 2 aliphatic heterocycles. The molecule has 6 nitrogen and oxygen atoms in total. The Morgan fingerprint density at radius 3 is 3.04 bits per heavy atom. The highest BCUT2D eigenvalue weighted by molar-refractivity contribution is 5.26. The number of aryl methyl sites for hydroxylation is 3. The number of hydrogen-bond donors (Lipinski definition) is 3. The van der Waals surface area contributed by atoms with Crippen molar-refractivity contribution in [3.05, 3.63) is 47.0 Å². The summed E-state index contributed by atoms with van der Waals surface area (Å²) in [7, 11) is 0. The lowest BCUT2D eigenvalue weighted by Gasteiger charge is -2.25. The van der Waals surface area contributed by atoms with Crippen molar-refractivity contribution in [3.63, 3.8) is 0 Å². The van der Waals surface area contributed by atoms with Crippen LogP contribution in [0.25, 0.3) is 0 Å². The summed E-state index contributed by atoms with van der Waals surface area (Å²) < 4.78 is 2.28. The van der Waals surface area contributed by atoms with Gasteiger partial charge < -0.3 is 9.88 Å². The van der Waals surface area contributed by atoms with Crippen LogP contribution in [0.15, 0.2) is 24.3 Å². The third-order valence-corrected chi connectivity index (χ3v) is 5.56. The first kappa shape index (κ1) is 16.7. The fourth-order valence-electron chi connectivity index (χ4n) is 4.11. The van der Waals surface area contributed by atoms with Crippen molar-refractivity contribution < 1.29 is 0 Å². The van der Waals surface area contributed by atoms with Crippen molar-refractivity contribution in [2.75, 3.05) is 19.6 Å². The van der Waals surface area contributed by atoms with E-state index in [0.717, 1.165) is 44.2 Å². The summed E-state index contributed by atoms with van der Waals surface area (Å²) in [5, 5.41) is 12.2. The Kier molecular flexibility index (Phi) is 4.83. The molecule has 3 atom stereocenters. The van der Waals surface area contributed by atoms with Crippen molar-refractivity contribution in [1.82, 2.24) is 30.9 Å². The molecule has 1 aromatic carbocycles. The van der Waals surface area contributed by atoms with Gasteiger partial charge in [-0.15, -0.1) is 10.2 Å². The van der Waals surface area contributed by atoms with Crippen LogP contribution < -0.4 is 16.2 Å². The van der Waals surface area contributed by atoms with Crippen molar-refractivity contribution in [2.45, 2.75) is 39.3 Å². The highest BCUT2D eigenvalue weighted by Crippen LogP contribution is 2.25. The van der Waals surface area contributed by atoms with Crippen molar-refractivity contribution in [2.24, 2.45) is 11.8 Å². The van der Waals surface area contributed by atoms with Gasteiger partial charge in [0, 0.05) is 32.0 Å². The predicted molar refractivity (Wildman–Crippen MR) is 98.0 cm³/mol. The number of fused-ring (bicyclic) bond motifs is 1. The third kappa shape index (κ3) is 3.61. The SMILES string of the molecule is Cc1cccc(C2NNCC2CNCC2CCc3nnc(C)n3C2)c1. The van der Waals surface area contributed by atoms with Gasteiger partial charge in [-0.2, -0.15) is 0 Å². The van der Waals surface area contributed by atoms with Gasteiger partial charge >= 0.3 is 0 Å². The molecule has 0 bridgehead atoms. The Balaban J connectivity index is 1.30. The first-order valence-corrected chi connectivity index (χ1v) is 9.35. The number of nitrogens with one attached hydrogen (secondary N) is 3. The largest absolute Gasteiger partial charge is 0.316 e. The lowest BCUT2D eigenvalue weighted by molar-refractivity contribution is 0.331. The molecule has 0 spiro atoms. The monoisotopic (exact) mass is 340 g/mol. The average Bonchev–Trinajstić information content (AvgIpc) is 3.22. The molecule has 4 rings (SSSR count). The van der Waals surface area contributed by atoms with Crippen LogP contribution in [0.1, 0.15) is 35.2 Å². The van der Waals surface area contributed by atoms with Crippen LogP contribution in [-0.2, 0) is 13.0 Å². The van der Waals surface area contributed by atoms with Gasteiger partial charge in [-0.25, -0.2) is 5.43 Å². The molecule has 0 radical (unpaired) electrons. The summed E-state index contributed by atoms with van der Waals surface area (Å²) in [4.78, 5) is 0. The summed E-state index contributed by atoms with van der Waals surface area (Å²) in [5.41, 5.74) is 9.47. The summed E-state index contributed by atoms with van der Waals surface area (Å²) in [5.74, 6) is 3.43. The molecule has 2 aliphatic rings. The lowest BCUT2D eigenvalue weighted by Crippen LogP contribution is -2.35. The Morgan fingerprint density at radius 2 is 2.16 bits per heavy atom. The number of benzene rings is 1. The molecule has 3 N–H and O–H groups in total. The molecular formula is C19H28N6. The maximum atomic E-state index is 4.26. The smallest absolute Gasteiger partial charge is 0.133 e. The highest BCUT2D eigenvalue weighted by Gasteiger charge is 2.28. The minimum absolute atomic E-state index is 0.380. The minimum Gasteiger partial charge on any atom is -0.316 e. The van der Waals surface area contributed by atoms with Gasteiger partial charge in [-0.1, -0.05) is 29.8 Å². The number of aromatic nitrogens is 3. The molecule has 3 unspecified atom stereocenters. The van der Waals surface area contributed by atoms with Crippen molar-refractivity contribution in [3.8, 4) is 0 Å². The second-order valence-electron chi connectivity index (χ2n) is 7.51. The Bertz CT molecular complexity index is 724. The van der Waals surface area contributed by atoms with E-state index in [4.69, 9.17) is 0 Å². The van der Waals surface area contributed by atoms with E-state index in [1.807, 2.05) is 0 Å².